The van der Waals surface area contributed by atoms with Gasteiger partial charge in [0.1, 0.15) is 5.57 Å². The molecule has 2 N–H and O–H groups in total. The van der Waals surface area contributed by atoms with Gasteiger partial charge in [-0.3, -0.25) is 14.9 Å². The van der Waals surface area contributed by atoms with E-state index < -0.39 is 23.8 Å². The average Bonchev–Trinajstić information content (AvgIpc) is 3.22. The second kappa shape index (κ2) is 8.33. The van der Waals surface area contributed by atoms with E-state index in [4.69, 9.17) is 23.2 Å². The number of hydrogen-bond acceptors (Lipinski definition) is 4. The van der Waals surface area contributed by atoms with Gasteiger partial charge in [-0.15, -0.1) is 0 Å². The second-order valence-corrected chi connectivity index (χ2v) is 7.47. The number of urea groups is 1. The summed E-state index contributed by atoms with van der Waals surface area (Å²) >= 11 is 12.2. The molecule has 160 valence electrons. The van der Waals surface area contributed by atoms with Crippen molar-refractivity contribution in [1.29, 1.82) is 0 Å². The first kappa shape index (κ1) is 21.4. The molecule has 1 aliphatic rings. The highest BCUT2D eigenvalue weighted by atomic mass is 35.5. The molecule has 32 heavy (non-hydrogen) atoms. The third kappa shape index (κ3) is 3.77. The molecule has 2 aromatic carbocycles. The molecule has 1 fully saturated rings. The molecule has 0 saturated carbocycles. The number of benzene rings is 2. The van der Waals surface area contributed by atoms with Gasteiger partial charge in [0.05, 0.1) is 21.3 Å². The number of amides is 4. The number of nitrogens with one attached hydrogen (secondary N) is 1. The van der Waals surface area contributed by atoms with E-state index in [-0.39, 0.29) is 26.9 Å². The normalized spacial score (nSPS) is 15.2. The second-order valence-electron chi connectivity index (χ2n) is 6.69. The first-order valence-electron chi connectivity index (χ1n) is 9.14. The fourth-order valence-electron chi connectivity index (χ4n) is 3.22. The van der Waals surface area contributed by atoms with E-state index >= 15 is 0 Å². The maximum absolute atomic E-state index is 13.1. The summed E-state index contributed by atoms with van der Waals surface area (Å²) in [5, 5.41) is 11.5. The van der Waals surface area contributed by atoms with E-state index in [9.17, 15) is 24.3 Å². The van der Waals surface area contributed by atoms with Crippen molar-refractivity contribution in [2.45, 2.75) is 0 Å². The third-order valence-corrected chi connectivity index (χ3v) is 5.53. The molecule has 0 unspecified atom stereocenters. The number of carboxylic acids is 1. The van der Waals surface area contributed by atoms with Crippen molar-refractivity contribution >= 4 is 58.8 Å². The monoisotopic (exact) mass is 469 g/mol. The van der Waals surface area contributed by atoms with Crippen LogP contribution < -0.4 is 10.2 Å². The summed E-state index contributed by atoms with van der Waals surface area (Å²) in [6, 6.07) is 13.0. The molecule has 4 rings (SSSR count). The van der Waals surface area contributed by atoms with Gasteiger partial charge in [0.25, 0.3) is 11.8 Å². The predicted octanol–water partition coefficient (Wildman–Crippen LogP) is 4.15. The van der Waals surface area contributed by atoms with Gasteiger partial charge in [-0.1, -0.05) is 35.3 Å². The molecule has 8 nitrogen and oxygen atoms in total. The molecule has 1 aromatic heterocycles. The van der Waals surface area contributed by atoms with Crippen LogP contribution in [-0.2, 0) is 9.59 Å². The Labute approximate surface area is 191 Å². The van der Waals surface area contributed by atoms with Crippen molar-refractivity contribution in [2.75, 3.05) is 4.90 Å². The number of hydrogen-bond donors (Lipinski definition) is 2. The summed E-state index contributed by atoms with van der Waals surface area (Å²) in [6.07, 6.45) is 2.96. The van der Waals surface area contributed by atoms with E-state index in [2.05, 4.69) is 5.32 Å². The SMILES string of the molecule is O=C1NC(=O)N(c2cccc(Cl)c2Cl)C(=O)/C1=C/c1cccn1-c1cccc(C(=O)O)c1. The quantitative estimate of drug-likeness (QED) is 0.440. The van der Waals surface area contributed by atoms with Gasteiger partial charge >= 0.3 is 12.0 Å². The molecular formula is C22H13Cl2N3O5. The Morgan fingerprint density at radius 2 is 1.75 bits per heavy atom. The minimum atomic E-state index is -1.09. The van der Waals surface area contributed by atoms with Gasteiger partial charge in [0, 0.05) is 17.6 Å². The Morgan fingerprint density at radius 3 is 2.50 bits per heavy atom. The Hall–Kier alpha value is -3.88. The van der Waals surface area contributed by atoms with Crippen LogP contribution in [0, 0.1) is 0 Å². The van der Waals surface area contributed by atoms with Gasteiger partial charge in [-0.2, -0.15) is 0 Å². The summed E-state index contributed by atoms with van der Waals surface area (Å²) in [7, 11) is 0. The number of aromatic nitrogens is 1. The van der Waals surface area contributed by atoms with Crippen LogP contribution in [0.2, 0.25) is 10.0 Å². The number of rotatable bonds is 4. The van der Waals surface area contributed by atoms with Crippen molar-refractivity contribution in [2.24, 2.45) is 0 Å². The first-order chi connectivity index (χ1) is 15.3. The summed E-state index contributed by atoms with van der Waals surface area (Å²) in [5.74, 6) is -2.84. The first-order valence-corrected chi connectivity index (χ1v) is 9.90. The number of barbiturate groups is 1. The Morgan fingerprint density at radius 1 is 1.00 bits per heavy atom. The largest absolute Gasteiger partial charge is 0.478 e. The number of anilines is 1. The maximum atomic E-state index is 13.1. The highest BCUT2D eigenvalue weighted by Gasteiger charge is 2.38. The van der Waals surface area contributed by atoms with E-state index in [1.165, 1.54) is 36.4 Å². The minimum Gasteiger partial charge on any atom is -0.478 e. The third-order valence-electron chi connectivity index (χ3n) is 4.72. The van der Waals surface area contributed by atoms with Crippen LogP contribution in [0.3, 0.4) is 0 Å². The van der Waals surface area contributed by atoms with Crippen LogP contribution in [0.15, 0.2) is 66.4 Å². The summed E-state index contributed by atoms with van der Waals surface area (Å²) in [4.78, 5) is 50.0. The van der Waals surface area contributed by atoms with Crippen molar-refractivity contribution in [1.82, 2.24) is 9.88 Å². The number of aromatic carboxylic acids is 1. The Balaban J connectivity index is 1.77. The maximum Gasteiger partial charge on any atom is 0.336 e. The number of nitrogens with zero attached hydrogens (tertiary/aromatic N) is 2. The molecular weight excluding hydrogens is 457 g/mol. The van der Waals surface area contributed by atoms with Gasteiger partial charge < -0.3 is 9.67 Å². The smallest absolute Gasteiger partial charge is 0.336 e. The number of carbonyl (C=O) groups excluding carboxylic acids is 3. The zero-order valence-corrected chi connectivity index (χ0v) is 17.6. The van der Waals surface area contributed by atoms with Crippen LogP contribution >= 0.6 is 23.2 Å². The Bertz CT molecular complexity index is 1330. The molecule has 4 amide bonds. The molecule has 0 aliphatic carbocycles. The van der Waals surface area contributed by atoms with E-state index in [1.807, 2.05) is 0 Å². The lowest BCUT2D eigenvalue weighted by atomic mass is 10.1. The predicted molar refractivity (Wildman–Crippen MR) is 118 cm³/mol. The lowest BCUT2D eigenvalue weighted by Crippen LogP contribution is -2.54. The topological polar surface area (TPSA) is 109 Å². The highest BCUT2D eigenvalue weighted by Crippen LogP contribution is 2.34. The van der Waals surface area contributed by atoms with Crippen molar-refractivity contribution in [3.63, 3.8) is 0 Å². The molecule has 1 saturated heterocycles. The number of imide groups is 2. The zero-order chi connectivity index (χ0) is 23.0. The van der Waals surface area contributed by atoms with Crippen LogP contribution in [0.25, 0.3) is 11.8 Å². The summed E-state index contributed by atoms with van der Waals surface area (Å²) in [5.41, 5.74) is 0.724. The highest BCUT2D eigenvalue weighted by molar-refractivity contribution is 6.46. The lowest BCUT2D eigenvalue weighted by molar-refractivity contribution is -0.122. The van der Waals surface area contributed by atoms with Crippen LogP contribution in [0.4, 0.5) is 10.5 Å². The van der Waals surface area contributed by atoms with Gasteiger partial charge in [-0.25, -0.2) is 14.5 Å². The fraction of sp³-hybridized carbons (Fsp3) is 0. The summed E-state index contributed by atoms with van der Waals surface area (Å²) in [6.45, 7) is 0. The van der Waals surface area contributed by atoms with Gasteiger partial charge in [-0.05, 0) is 48.5 Å². The Kier molecular flexibility index (Phi) is 5.56. The number of halogens is 2. The standard InChI is InChI=1S/C22H13Cl2N3O5/c23-16-7-2-8-17(18(16)24)27-20(29)15(19(28)25-22(27)32)11-14-6-3-9-26(14)13-5-1-4-12(10-13)21(30)31/h1-11H,(H,30,31)(H,25,28,32)/b15-11+. The minimum absolute atomic E-state index is 0.0137. The molecule has 0 atom stereocenters. The van der Waals surface area contributed by atoms with Gasteiger partial charge in [0.2, 0.25) is 0 Å². The molecule has 1 aliphatic heterocycles. The van der Waals surface area contributed by atoms with Crippen molar-refractivity contribution < 1.29 is 24.3 Å². The van der Waals surface area contributed by atoms with Crippen LogP contribution in [0.5, 0.6) is 0 Å². The fourth-order valence-corrected chi connectivity index (χ4v) is 3.60. The lowest BCUT2D eigenvalue weighted by Gasteiger charge is -2.27. The molecule has 2 heterocycles. The van der Waals surface area contributed by atoms with Crippen LogP contribution in [-0.4, -0.2) is 33.5 Å². The van der Waals surface area contributed by atoms with Crippen molar-refractivity contribution in [3.05, 3.63) is 87.7 Å². The molecule has 0 radical (unpaired) electrons. The van der Waals surface area contributed by atoms with Crippen molar-refractivity contribution in [3.8, 4) is 5.69 Å². The number of carboxylic acid groups (broad SMARTS) is 1. The van der Waals surface area contributed by atoms with Crippen LogP contribution in [0.1, 0.15) is 16.1 Å². The number of carbonyl (C=O) groups is 4. The van der Waals surface area contributed by atoms with E-state index in [1.54, 1.807) is 35.0 Å². The summed E-state index contributed by atoms with van der Waals surface area (Å²) < 4.78 is 1.60. The molecule has 10 heteroatoms. The van der Waals surface area contributed by atoms with E-state index in [0.717, 1.165) is 4.90 Å². The molecule has 3 aromatic rings. The molecule has 0 spiro atoms. The zero-order valence-electron chi connectivity index (χ0n) is 16.1. The average molecular weight is 470 g/mol. The molecule has 0 bridgehead atoms. The van der Waals surface area contributed by atoms with Gasteiger partial charge in [0.15, 0.2) is 0 Å². The van der Waals surface area contributed by atoms with E-state index in [0.29, 0.717) is 11.4 Å².